The van der Waals surface area contributed by atoms with Crippen LogP contribution in [0.1, 0.15) is 47.5 Å². The second-order valence-corrected chi connectivity index (χ2v) is 5.20. The van der Waals surface area contributed by atoms with Crippen molar-refractivity contribution in [1.29, 1.82) is 0 Å². The largest absolute Gasteiger partial charge is 0.390 e. The van der Waals surface area contributed by atoms with Gasteiger partial charge in [0.2, 0.25) is 0 Å². The predicted octanol–water partition coefficient (Wildman–Crippen LogP) is 2.91. The first-order valence-corrected chi connectivity index (χ1v) is 5.17. The summed E-state index contributed by atoms with van der Waals surface area (Å²) in [6.45, 7) is 13.4. The molecule has 0 amide bonds. The van der Waals surface area contributed by atoms with E-state index in [0.717, 1.165) is 6.42 Å². The Bertz CT molecular complexity index is 177. The molecule has 0 saturated heterocycles. The molecular weight excluding hydrogens is 176 g/mol. The minimum absolute atomic E-state index is 0.0601. The molecule has 0 heterocycles. The molecule has 0 rings (SSSR count). The van der Waals surface area contributed by atoms with Crippen LogP contribution in [0.25, 0.3) is 0 Å². The zero-order chi connectivity index (χ0) is 11.4. The highest BCUT2D eigenvalue weighted by molar-refractivity contribution is 4.82. The van der Waals surface area contributed by atoms with Crippen molar-refractivity contribution < 1.29 is 9.84 Å². The Hall–Kier alpha value is -0.340. The van der Waals surface area contributed by atoms with Crippen molar-refractivity contribution in [3.63, 3.8) is 0 Å². The van der Waals surface area contributed by atoms with Gasteiger partial charge < -0.3 is 9.84 Å². The third-order valence-corrected chi connectivity index (χ3v) is 1.94. The molecule has 0 saturated carbocycles. The summed E-state index contributed by atoms with van der Waals surface area (Å²) in [5.41, 5.74) is -0.851. The average Bonchev–Trinajstić information content (AvgIpc) is 1.78. The molecule has 0 aromatic rings. The SMILES string of the molecule is C=CCC(C)(C)OC(C)CC(C)(C)O. The topological polar surface area (TPSA) is 29.5 Å². The standard InChI is InChI=1S/C12H24O2/c1-7-8-12(5,6)14-10(2)9-11(3,4)13/h7,10,13H,1,8-9H2,2-6H3. The van der Waals surface area contributed by atoms with Crippen LogP contribution in [0.15, 0.2) is 12.7 Å². The number of ether oxygens (including phenoxy) is 1. The Kier molecular flexibility index (Phi) is 4.82. The Morgan fingerprint density at radius 3 is 2.21 bits per heavy atom. The number of rotatable bonds is 6. The van der Waals surface area contributed by atoms with Crippen molar-refractivity contribution in [3.05, 3.63) is 12.7 Å². The van der Waals surface area contributed by atoms with Gasteiger partial charge in [-0.2, -0.15) is 0 Å². The molecule has 0 aliphatic rings. The summed E-state index contributed by atoms with van der Waals surface area (Å²) < 4.78 is 5.82. The predicted molar refractivity (Wildman–Crippen MR) is 60.4 cm³/mol. The lowest BCUT2D eigenvalue weighted by atomic mass is 10.00. The van der Waals surface area contributed by atoms with Crippen LogP contribution < -0.4 is 0 Å². The maximum Gasteiger partial charge on any atom is 0.0664 e. The van der Waals surface area contributed by atoms with E-state index in [0.29, 0.717) is 6.42 Å². The average molecular weight is 200 g/mol. The lowest BCUT2D eigenvalue weighted by Crippen LogP contribution is -2.33. The lowest BCUT2D eigenvalue weighted by Gasteiger charge is -2.31. The summed E-state index contributed by atoms with van der Waals surface area (Å²) in [5.74, 6) is 0. The van der Waals surface area contributed by atoms with Gasteiger partial charge in [-0.05, 0) is 41.0 Å². The number of hydrogen-bond acceptors (Lipinski definition) is 2. The zero-order valence-corrected chi connectivity index (χ0v) is 10.1. The zero-order valence-electron chi connectivity index (χ0n) is 10.1. The quantitative estimate of drug-likeness (QED) is 0.668. The van der Waals surface area contributed by atoms with Gasteiger partial charge in [0.05, 0.1) is 17.3 Å². The van der Waals surface area contributed by atoms with Crippen LogP contribution in [0.2, 0.25) is 0 Å². The van der Waals surface area contributed by atoms with Gasteiger partial charge in [0.1, 0.15) is 0 Å². The first-order valence-electron chi connectivity index (χ1n) is 5.17. The van der Waals surface area contributed by atoms with E-state index in [1.165, 1.54) is 0 Å². The molecule has 0 radical (unpaired) electrons. The molecule has 0 bridgehead atoms. The van der Waals surface area contributed by atoms with Crippen LogP contribution >= 0.6 is 0 Å². The van der Waals surface area contributed by atoms with Gasteiger partial charge in [-0.3, -0.25) is 0 Å². The van der Waals surface area contributed by atoms with E-state index >= 15 is 0 Å². The first kappa shape index (κ1) is 13.7. The fourth-order valence-corrected chi connectivity index (χ4v) is 1.69. The fraction of sp³-hybridized carbons (Fsp3) is 0.833. The smallest absolute Gasteiger partial charge is 0.0664 e. The Morgan fingerprint density at radius 2 is 1.86 bits per heavy atom. The monoisotopic (exact) mass is 200 g/mol. The third kappa shape index (κ3) is 7.10. The molecule has 1 N–H and O–H groups in total. The van der Waals surface area contributed by atoms with E-state index in [-0.39, 0.29) is 11.7 Å². The number of hydrogen-bond donors (Lipinski definition) is 1. The van der Waals surface area contributed by atoms with Gasteiger partial charge in [-0.25, -0.2) is 0 Å². The Morgan fingerprint density at radius 1 is 1.36 bits per heavy atom. The summed E-state index contributed by atoms with van der Waals surface area (Å²) in [5, 5.41) is 9.61. The minimum Gasteiger partial charge on any atom is -0.390 e. The Balaban J connectivity index is 4.04. The van der Waals surface area contributed by atoms with Crippen LogP contribution in [0, 0.1) is 0 Å². The first-order chi connectivity index (χ1) is 6.16. The van der Waals surface area contributed by atoms with Crippen LogP contribution in [-0.2, 0) is 4.74 Å². The summed E-state index contributed by atoms with van der Waals surface area (Å²) in [6.07, 6.45) is 3.39. The highest BCUT2D eigenvalue weighted by Gasteiger charge is 2.24. The van der Waals surface area contributed by atoms with Gasteiger partial charge in [-0.15, -0.1) is 6.58 Å². The van der Waals surface area contributed by atoms with E-state index < -0.39 is 5.60 Å². The van der Waals surface area contributed by atoms with Gasteiger partial charge in [0.25, 0.3) is 0 Å². The molecule has 1 atom stereocenters. The molecule has 0 aliphatic heterocycles. The number of aliphatic hydroxyl groups is 1. The summed E-state index contributed by atoms with van der Waals surface area (Å²) in [4.78, 5) is 0. The summed E-state index contributed by atoms with van der Waals surface area (Å²) in [7, 11) is 0. The van der Waals surface area contributed by atoms with Crippen molar-refractivity contribution in [2.75, 3.05) is 0 Å². The van der Waals surface area contributed by atoms with Crippen molar-refractivity contribution in [3.8, 4) is 0 Å². The van der Waals surface area contributed by atoms with Crippen molar-refractivity contribution in [1.82, 2.24) is 0 Å². The molecule has 14 heavy (non-hydrogen) atoms. The van der Waals surface area contributed by atoms with Gasteiger partial charge in [0.15, 0.2) is 0 Å². The lowest BCUT2D eigenvalue weighted by molar-refractivity contribution is -0.0895. The molecule has 2 nitrogen and oxygen atoms in total. The minimum atomic E-state index is -0.663. The van der Waals surface area contributed by atoms with Crippen LogP contribution in [-0.4, -0.2) is 22.4 Å². The summed E-state index contributed by atoms with van der Waals surface area (Å²) >= 11 is 0. The normalized spacial score (nSPS) is 15.3. The van der Waals surface area contributed by atoms with Crippen molar-refractivity contribution in [2.24, 2.45) is 0 Å². The molecule has 0 aromatic carbocycles. The van der Waals surface area contributed by atoms with E-state index in [4.69, 9.17) is 4.74 Å². The molecule has 0 spiro atoms. The molecule has 0 aliphatic carbocycles. The van der Waals surface area contributed by atoms with Crippen molar-refractivity contribution >= 4 is 0 Å². The maximum absolute atomic E-state index is 9.61. The Labute approximate surface area is 88.0 Å². The molecule has 0 fully saturated rings. The van der Waals surface area contributed by atoms with Crippen LogP contribution in [0.4, 0.5) is 0 Å². The summed E-state index contributed by atoms with van der Waals surface area (Å²) in [6, 6.07) is 0. The van der Waals surface area contributed by atoms with Crippen molar-refractivity contribution in [2.45, 2.75) is 64.8 Å². The second-order valence-electron chi connectivity index (χ2n) is 5.20. The van der Waals surface area contributed by atoms with E-state index in [1.54, 1.807) is 13.8 Å². The van der Waals surface area contributed by atoms with E-state index in [9.17, 15) is 5.11 Å². The fourth-order valence-electron chi connectivity index (χ4n) is 1.69. The van der Waals surface area contributed by atoms with E-state index in [1.807, 2.05) is 26.8 Å². The van der Waals surface area contributed by atoms with Crippen LogP contribution in [0.5, 0.6) is 0 Å². The molecular formula is C12H24O2. The van der Waals surface area contributed by atoms with E-state index in [2.05, 4.69) is 6.58 Å². The van der Waals surface area contributed by atoms with Gasteiger partial charge in [0, 0.05) is 6.42 Å². The second kappa shape index (κ2) is 4.94. The van der Waals surface area contributed by atoms with Crippen LogP contribution in [0.3, 0.4) is 0 Å². The molecule has 2 heteroatoms. The molecule has 1 unspecified atom stereocenters. The highest BCUT2D eigenvalue weighted by Crippen LogP contribution is 2.21. The highest BCUT2D eigenvalue weighted by atomic mass is 16.5. The van der Waals surface area contributed by atoms with Gasteiger partial charge in [-0.1, -0.05) is 6.08 Å². The third-order valence-electron chi connectivity index (χ3n) is 1.94. The maximum atomic E-state index is 9.61. The molecule has 0 aromatic heterocycles. The van der Waals surface area contributed by atoms with Gasteiger partial charge >= 0.3 is 0 Å². The molecule has 84 valence electrons.